The summed E-state index contributed by atoms with van der Waals surface area (Å²) < 4.78 is 0. The molecule has 1 aliphatic rings. The van der Waals surface area contributed by atoms with Crippen LogP contribution in [0.15, 0.2) is 24.3 Å². The molecular formula is C14H19NO2. The van der Waals surface area contributed by atoms with Gasteiger partial charge in [-0.1, -0.05) is 6.42 Å². The quantitative estimate of drug-likeness (QED) is 0.768. The van der Waals surface area contributed by atoms with Crippen LogP contribution < -0.4 is 5.32 Å². The summed E-state index contributed by atoms with van der Waals surface area (Å²) >= 11 is 0. The first-order chi connectivity index (χ1) is 8.15. The number of rotatable bonds is 5. The number of carbonyl (C=O) groups excluding carboxylic acids is 1. The van der Waals surface area contributed by atoms with Crippen LogP contribution in [0, 0.1) is 5.41 Å². The van der Waals surface area contributed by atoms with Crippen molar-refractivity contribution in [1.29, 1.82) is 0 Å². The minimum absolute atomic E-state index is 0.0826. The summed E-state index contributed by atoms with van der Waals surface area (Å²) in [4.78, 5) is 11.1. The van der Waals surface area contributed by atoms with Gasteiger partial charge in [-0.2, -0.15) is 0 Å². The molecule has 3 heteroatoms. The van der Waals surface area contributed by atoms with E-state index in [4.69, 9.17) is 0 Å². The Morgan fingerprint density at radius 2 is 2.00 bits per heavy atom. The lowest BCUT2D eigenvalue weighted by Crippen LogP contribution is -2.39. The molecule has 2 rings (SSSR count). The molecule has 1 saturated carbocycles. The second-order valence-corrected chi connectivity index (χ2v) is 5.00. The Bertz CT molecular complexity index is 388. The minimum Gasteiger partial charge on any atom is -0.396 e. The molecule has 0 heterocycles. The van der Waals surface area contributed by atoms with Crippen molar-refractivity contribution in [2.45, 2.75) is 26.2 Å². The highest BCUT2D eigenvalue weighted by atomic mass is 16.3. The van der Waals surface area contributed by atoms with Gasteiger partial charge in [-0.25, -0.2) is 0 Å². The monoisotopic (exact) mass is 233 g/mol. The smallest absolute Gasteiger partial charge is 0.159 e. The normalized spacial score (nSPS) is 17.3. The van der Waals surface area contributed by atoms with Gasteiger partial charge in [0.25, 0.3) is 0 Å². The number of hydrogen-bond donors (Lipinski definition) is 2. The number of anilines is 1. The number of hydrogen-bond acceptors (Lipinski definition) is 3. The van der Waals surface area contributed by atoms with Crippen LogP contribution in [0.1, 0.15) is 36.5 Å². The highest BCUT2D eigenvalue weighted by Gasteiger charge is 2.35. The largest absolute Gasteiger partial charge is 0.396 e. The standard InChI is InChI=1S/C14H19NO2/c1-11(17)12-3-5-13(6-4-12)15-9-14(10-16)7-2-8-14/h3-6,15-16H,2,7-10H2,1H3. The van der Waals surface area contributed by atoms with Crippen molar-refractivity contribution in [1.82, 2.24) is 0 Å². The molecule has 2 N–H and O–H groups in total. The average Bonchev–Trinajstić information content (AvgIpc) is 2.29. The maximum atomic E-state index is 11.1. The number of ketones is 1. The molecule has 0 saturated heterocycles. The molecule has 0 aliphatic heterocycles. The lowest BCUT2D eigenvalue weighted by Gasteiger charge is -2.40. The fourth-order valence-electron chi connectivity index (χ4n) is 2.18. The Kier molecular flexibility index (Phi) is 3.48. The van der Waals surface area contributed by atoms with Crippen LogP contribution in [0.25, 0.3) is 0 Å². The van der Waals surface area contributed by atoms with Crippen molar-refractivity contribution in [2.75, 3.05) is 18.5 Å². The summed E-state index contributed by atoms with van der Waals surface area (Å²) in [5.74, 6) is 0.0855. The van der Waals surface area contributed by atoms with Crippen molar-refractivity contribution in [3.05, 3.63) is 29.8 Å². The first-order valence-electron chi connectivity index (χ1n) is 6.11. The molecule has 0 atom stereocenters. The van der Waals surface area contributed by atoms with E-state index in [0.29, 0.717) is 0 Å². The molecule has 92 valence electrons. The molecule has 1 aromatic carbocycles. The van der Waals surface area contributed by atoms with E-state index in [9.17, 15) is 9.90 Å². The number of aliphatic hydroxyl groups excluding tert-OH is 1. The molecule has 0 bridgehead atoms. The zero-order valence-electron chi connectivity index (χ0n) is 10.2. The molecule has 1 fully saturated rings. The van der Waals surface area contributed by atoms with Gasteiger partial charge in [0, 0.05) is 23.2 Å². The molecule has 0 spiro atoms. The van der Waals surface area contributed by atoms with Crippen molar-refractivity contribution in [3.8, 4) is 0 Å². The number of nitrogens with one attached hydrogen (secondary N) is 1. The fraction of sp³-hybridized carbons (Fsp3) is 0.500. The molecular weight excluding hydrogens is 214 g/mol. The minimum atomic E-state index is 0.0826. The number of benzene rings is 1. The van der Waals surface area contributed by atoms with Gasteiger partial charge >= 0.3 is 0 Å². The lowest BCUT2D eigenvalue weighted by molar-refractivity contribution is 0.0576. The second kappa shape index (κ2) is 4.88. The summed E-state index contributed by atoms with van der Waals surface area (Å²) in [5, 5.41) is 12.7. The van der Waals surface area contributed by atoms with Crippen molar-refractivity contribution >= 4 is 11.5 Å². The van der Waals surface area contributed by atoms with Crippen LogP contribution in [-0.2, 0) is 0 Å². The van der Waals surface area contributed by atoms with Gasteiger partial charge in [0.05, 0.1) is 6.61 Å². The summed E-state index contributed by atoms with van der Waals surface area (Å²) in [6.07, 6.45) is 3.41. The van der Waals surface area contributed by atoms with E-state index in [0.717, 1.165) is 30.6 Å². The molecule has 1 aromatic rings. The van der Waals surface area contributed by atoms with Crippen LogP contribution in [0.2, 0.25) is 0 Å². The van der Waals surface area contributed by atoms with Crippen LogP contribution in [0.3, 0.4) is 0 Å². The maximum Gasteiger partial charge on any atom is 0.159 e. The van der Waals surface area contributed by atoms with Gasteiger partial charge in [-0.05, 0) is 44.0 Å². The zero-order chi connectivity index (χ0) is 12.3. The molecule has 3 nitrogen and oxygen atoms in total. The van der Waals surface area contributed by atoms with E-state index in [1.165, 1.54) is 6.42 Å². The third-order valence-corrected chi connectivity index (χ3v) is 3.71. The van der Waals surface area contributed by atoms with Crippen LogP contribution in [-0.4, -0.2) is 24.0 Å². The lowest BCUT2D eigenvalue weighted by atomic mass is 9.69. The molecule has 17 heavy (non-hydrogen) atoms. The van der Waals surface area contributed by atoms with Crippen molar-refractivity contribution in [2.24, 2.45) is 5.41 Å². The SMILES string of the molecule is CC(=O)c1ccc(NCC2(CO)CCC2)cc1. The number of Topliss-reactive ketones (excluding diaryl/α,β-unsaturated/α-hetero) is 1. The van der Waals surface area contributed by atoms with Crippen LogP contribution in [0.4, 0.5) is 5.69 Å². The topological polar surface area (TPSA) is 49.3 Å². The van der Waals surface area contributed by atoms with Crippen molar-refractivity contribution in [3.63, 3.8) is 0 Å². The average molecular weight is 233 g/mol. The van der Waals surface area contributed by atoms with E-state index in [1.54, 1.807) is 6.92 Å². The first-order valence-corrected chi connectivity index (χ1v) is 6.11. The third kappa shape index (κ3) is 2.67. The Balaban J connectivity index is 1.93. The first kappa shape index (κ1) is 12.1. The third-order valence-electron chi connectivity index (χ3n) is 3.71. The summed E-state index contributed by atoms with van der Waals surface area (Å²) in [6, 6.07) is 7.50. The fourth-order valence-corrected chi connectivity index (χ4v) is 2.18. The van der Waals surface area contributed by atoms with Gasteiger partial charge < -0.3 is 10.4 Å². The van der Waals surface area contributed by atoms with E-state index >= 15 is 0 Å². The number of aliphatic hydroxyl groups is 1. The zero-order valence-corrected chi connectivity index (χ0v) is 10.2. The molecule has 1 aliphatic carbocycles. The molecule has 0 amide bonds. The van der Waals surface area contributed by atoms with E-state index in [2.05, 4.69) is 5.32 Å². The summed E-state index contributed by atoms with van der Waals surface area (Å²) in [6.45, 7) is 2.63. The molecule has 0 radical (unpaired) electrons. The Morgan fingerprint density at radius 1 is 1.35 bits per heavy atom. The maximum absolute atomic E-state index is 11.1. The Morgan fingerprint density at radius 3 is 2.41 bits per heavy atom. The Hall–Kier alpha value is -1.35. The van der Waals surface area contributed by atoms with E-state index < -0.39 is 0 Å². The van der Waals surface area contributed by atoms with Gasteiger partial charge in [0.2, 0.25) is 0 Å². The number of carbonyl (C=O) groups is 1. The Labute approximate surface area is 102 Å². The second-order valence-electron chi connectivity index (χ2n) is 5.00. The van der Waals surface area contributed by atoms with Gasteiger partial charge in [-0.15, -0.1) is 0 Å². The highest BCUT2D eigenvalue weighted by molar-refractivity contribution is 5.94. The van der Waals surface area contributed by atoms with Gasteiger partial charge in [0.15, 0.2) is 5.78 Å². The van der Waals surface area contributed by atoms with Crippen LogP contribution in [0.5, 0.6) is 0 Å². The molecule has 0 unspecified atom stereocenters. The van der Waals surface area contributed by atoms with Gasteiger partial charge in [-0.3, -0.25) is 4.79 Å². The van der Waals surface area contributed by atoms with E-state index in [-0.39, 0.29) is 17.8 Å². The molecule has 0 aromatic heterocycles. The predicted octanol–water partition coefficient (Wildman–Crippen LogP) is 2.46. The van der Waals surface area contributed by atoms with Crippen LogP contribution >= 0.6 is 0 Å². The summed E-state index contributed by atoms with van der Waals surface area (Å²) in [5.41, 5.74) is 1.82. The van der Waals surface area contributed by atoms with Gasteiger partial charge in [0.1, 0.15) is 0 Å². The van der Waals surface area contributed by atoms with E-state index in [1.807, 2.05) is 24.3 Å². The highest BCUT2D eigenvalue weighted by Crippen LogP contribution is 2.40. The van der Waals surface area contributed by atoms with Crippen molar-refractivity contribution < 1.29 is 9.90 Å². The predicted molar refractivity (Wildman–Crippen MR) is 68.3 cm³/mol. The summed E-state index contributed by atoms with van der Waals surface area (Å²) in [7, 11) is 0.